The summed E-state index contributed by atoms with van der Waals surface area (Å²) >= 11 is 1.07. The van der Waals surface area contributed by atoms with Gasteiger partial charge in [0.1, 0.15) is 0 Å². The number of thioether (sulfide) groups is 1. The molecule has 6 heteroatoms. The van der Waals surface area contributed by atoms with Crippen LogP contribution in [0.3, 0.4) is 0 Å². The molecule has 0 aliphatic heterocycles. The predicted molar refractivity (Wildman–Crippen MR) is 60.8 cm³/mol. The van der Waals surface area contributed by atoms with Crippen LogP contribution in [0.2, 0.25) is 0 Å². The van der Waals surface area contributed by atoms with Crippen molar-refractivity contribution in [3.63, 3.8) is 0 Å². The molecule has 5 nitrogen and oxygen atoms in total. The van der Waals surface area contributed by atoms with E-state index in [1.807, 2.05) is 19.2 Å². The molecule has 0 aromatic carbocycles. The molecule has 2 aromatic heterocycles. The SMILES string of the molecule is CC(=O)Sc1nnc(-c2cccnc2)n1C. The summed E-state index contributed by atoms with van der Waals surface area (Å²) < 4.78 is 1.78. The van der Waals surface area contributed by atoms with Crippen molar-refractivity contribution in [1.29, 1.82) is 0 Å². The Labute approximate surface area is 96.9 Å². The molecule has 2 aromatic rings. The Morgan fingerprint density at radius 2 is 2.25 bits per heavy atom. The average molecular weight is 234 g/mol. The van der Waals surface area contributed by atoms with E-state index in [1.54, 1.807) is 17.0 Å². The Morgan fingerprint density at radius 3 is 2.88 bits per heavy atom. The second kappa shape index (κ2) is 4.44. The minimum absolute atomic E-state index is 0.00626. The third-order valence-electron chi connectivity index (χ3n) is 1.99. The fraction of sp³-hybridized carbons (Fsp3) is 0.200. The van der Waals surface area contributed by atoms with E-state index in [4.69, 9.17) is 0 Å². The first-order valence-corrected chi connectivity index (χ1v) is 5.48. The van der Waals surface area contributed by atoms with Gasteiger partial charge in [0.15, 0.2) is 16.1 Å². The summed E-state index contributed by atoms with van der Waals surface area (Å²) in [6, 6.07) is 3.74. The van der Waals surface area contributed by atoms with E-state index in [0.717, 1.165) is 17.3 Å². The highest BCUT2D eigenvalue weighted by Gasteiger charge is 2.12. The van der Waals surface area contributed by atoms with E-state index in [-0.39, 0.29) is 5.12 Å². The zero-order valence-corrected chi connectivity index (χ0v) is 9.73. The lowest BCUT2D eigenvalue weighted by Crippen LogP contribution is -1.96. The summed E-state index contributed by atoms with van der Waals surface area (Å²) in [6.07, 6.45) is 3.41. The van der Waals surface area contributed by atoms with Crippen LogP contribution in [0.1, 0.15) is 6.92 Å². The van der Waals surface area contributed by atoms with Crippen LogP contribution in [0.15, 0.2) is 29.7 Å². The van der Waals surface area contributed by atoms with Crippen LogP contribution in [0.5, 0.6) is 0 Å². The van der Waals surface area contributed by atoms with Crippen molar-refractivity contribution in [2.75, 3.05) is 0 Å². The smallest absolute Gasteiger partial charge is 0.198 e. The Bertz CT molecular complexity index is 509. The summed E-state index contributed by atoms with van der Waals surface area (Å²) in [5.74, 6) is 0.705. The second-order valence-corrected chi connectivity index (χ2v) is 4.34. The first-order chi connectivity index (χ1) is 7.68. The lowest BCUT2D eigenvalue weighted by atomic mass is 10.3. The molecule has 0 saturated carbocycles. The zero-order chi connectivity index (χ0) is 11.5. The number of pyridine rings is 1. The molecule has 0 aliphatic rings. The quantitative estimate of drug-likeness (QED) is 0.737. The average Bonchev–Trinajstić information content (AvgIpc) is 2.61. The lowest BCUT2D eigenvalue weighted by Gasteiger charge is -2.01. The Hall–Kier alpha value is -1.69. The Morgan fingerprint density at radius 1 is 1.44 bits per heavy atom. The Kier molecular flexibility index (Phi) is 3.00. The van der Waals surface area contributed by atoms with Crippen molar-refractivity contribution in [3.05, 3.63) is 24.5 Å². The molecule has 16 heavy (non-hydrogen) atoms. The van der Waals surface area contributed by atoms with Crippen LogP contribution in [0.4, 0.5) is 0 Å². The fourth-order valence-electron chi connectivity index (χ4n) is 1.28. The van der Waals surface area contributed by atoms with Crippen molar-refractivity contribution < 1.29 is 4.79 Å². The van der Waals surface area contributed by atoms with Crippen molar-refractivity contribution in [2.45, 2.75) is 12.1 Å². The van der Waals surface area contributed by atoms with Gasteiger partial charge >= 0.3 is 0 Å². The van der Waals surface area contributed by atoms with Gasteiger partial charge in [-0.05, 0) is 23.9 Å². The van der Waals surface area contributed by atoms with Crippen molar-refractivity contribution in [1.82, 2.24) is 19.7 Å². The summed E-state index contributed by atoms with van der Waals surface area (Å²) in [6.45, 7) is 1.50. The highest BCUT2D eigenvalue weighted by Crippen LogP contribution is 2.21. The number of hydrogen-bond donors (Lipinski definition) is 0. The maximum atomic E-state index is 11.0. The number of hydrogen-bond acceptors (Lipinski definition) is 5. The molecule has 82 valence electrons. The molecule has 2 heterocycles. The van der Waals surface area contributed by atoms with Gasteiger partial charge in [0.2, 0.25) is 0 Å². The molecule has 0 saturated heterocycles. The minimum Gasteiger partial charge on any atom is -0.305 e. The van der Waals surface area contributed by atoms with Gasteiger partial charge in [-0.15, -0.1) is 10.2 Å². The topological polar surface area (TPSA) is 60.7 Å². The van der Waals surface area contributed by atoms with Crippen molar-refractivity contribution >= 4 is 16.9 Å². The molecule has 0 aliphatic carbocycles. The first kappa shape index (κ1) is 10.8. The third-order valence-corrected chi connectivity index (χ3v) is 2.82. The van der Waals surface area contributed by atoms with Crippen molar-refractivity contribution in [3.8, 4) is 11.4 Å². The van der Waals surface area contributed by atoms with E-state index in [1.165, 1.54) is 6.92 Å². The molecule has 0 fully saturated rings. The lowest BCUT2D eigenvalue weighted by molar-refractivity contribution is -0.109. The van der Waals surface area contributed by atoms with Gasteiger partial charge in [-0.25, -0.2) is 0 Å². The second-order valence-electron chi connectivity index (χ2n) is 3.20. The van der Waals surface area contributed by atoms with Crippen molar-refractivity contribution in [2.24, 2.45) is 7.05 Å². The van der Waals surface area contributed by atoms with Crippen LogP contribution in [-0.2, 0) is 11.8 Å². The van der Waals surface area contributed by atoms with Crippen LogP contribution in [-0.4, -0.2) is 24.9 Å². The summed E-state index contributed by atoms with van der Waals surface area (Å²) in [5.41, 5.74) is 0.882. The monoisotopic (exact) mass is 234 g/mol. The number of carbonyl (C=O) groups excluding carboxylic acids is 1. The summed E-state index contributed by atoms with van der Waals surface area (Å²) in [7, 11) is 1.83. The van der Waals surface area contributed by atoms with Gasteiger partial charge in [0.05, 0.1) is 0 Å². The highest BCUT2D eigenvalue weighted by molar-refractivity contribution is 8.13. The summed E-state index contributed by atoms with van der Waals surface area (Å²) in [5, 5.41) is 8.58. The standard InChI is InChI=1S/C10H10N4OS/c1-7(15)16-10-13-12-9(14(10)2)8-4-3-5-11-6-8/h3-6H,1-2H3. The normalized spacial score (nSPS) is 10.4. The molecule has 0 radical (unpaired) electrons. The van der Waals surface area contributed by atoms with E-state index < -0.39 is 0 Å². The molecule has 0 bridgehead atoms. The number of carbonyl (C=O) groups is 1. The van der Waals surface area contributed by atoms with Gasteiger partial charge < -0.3 is 4.57 Å². The van der Waals surface area contributed by atoms with Gasteiger partial charge in [-0.1, -0.05) is 0 Å². The van der Waals surface area contributed by atoms with Crippen LogP contribution in [0.25, 0.3) is 11.4 Å². The van der Waals surface area contributed by atoms with Crippen LogP contribution in [0, 0.1) is 0 Å². The van der Waals surface area contributed by atoms with Crippen LogP contribution >= 0.6 is 11.8 Å². The van der Waals surface area contributed by atoms with Gasteiger partial charge in [-0.3, -0.25) is 9.78 Å². The molecule has 0 spiro atoms. The molecule has 0 amide bonds. The first-order valence-electron chi connectivity index (χ1n) is 4.66. The molecular weight excluding hydrogens is 224 g/mol. The maximum absolute atomic E-state index is 11.0. The van der Waals surface area contributed by atoms with Gasteiger partial charge in [0, 0.05) is 31.9 Å². The molecule has 2 rings (SSSR count). The highest BCUT2D eigenvalue weighted by atomic mass is 32.2. The fourth-order valence-corrected chi connectivity index (χ4v) is 1.84. The van der Waals surface area contributed by atoms with Gasteiger partial charge in [-0.2, -0.15) is 0 Å². The van der Waals surface area contributed by atoms with E-state index >= 15 is 0 Å². The molecule has 0 atom stereocenters. The number of rotatable bonds is 2. The maximum Gasteiger partial charge on any atom is 0.198 e. The Balaban J connectivity index is 2.37. The number of nitrogens with zero attached hydrogens (tertiary/aromatic N) is 4. The van der Waals surface area contributed by atoms with Gasteiger partial charge in [0.25, 0.3) is 0 Å². The molecule has 0 unspecified atom stereocenters. The third kappa shape index (κ3) is 2.11. The number of aromatic nitrogens is 4. The van der Waals surface area contributed by atoms with Crippen LogP contribution < -0.4 is 0 Å². The van der Waals surface area contributed by atoms with E-state index in [9.17, 15) is 4.79 Å². The predicted octanol–water partition coefficient (Wildman–Crippen LogP) is 1.52. The zero-order valence-electron chi connectivity index (χ0n) is 8.91. The largest absolute Gasteiger partial charge is 0.305 e. The van der Waals surface area contributed by atoms with E-state index in [0.29, 0.717) is 11.0 Å². The molecule has 0 N–H and O–H groups in total. The van der Waals surface area contributed by atoms with E-state index in [2.05, 4.69) is 15.2 Å². The molecular formula is C10H10N4OS. The minimum atomic E-state index is -0.00626. The summed E-state index contributed by atoms with van der Waals surface area (Å²) in [4.78, 5) is 15.0.